The van der Waals surface area contributed by atoms with Gasteiger partial charge >= 0.3 is 5.97 Å². The molecule has 4 rings (SSSR count). The predicted molar refractivity (Wildman–Crippen MR) is 114 cm³/mol. The summed E-state index contributed by atoms with van der Waals surface area (Å²) in [4.78, 5) is 12.8. The first kappa shape index (κ1) is 22.4. The Kier molecular flexibility index (Phi) is 7.08. The summed E-state index contributed by atoms with van der Waals surface area (Å²) in [5, 5.41) is 0. The van der Waals surface area contributed by atoms with E-state index in [4.69, 9.17) is 4.74 Å². The average Bonchev–Trinajstić information content (AvgIpc) is 2.79. The number of ether oxygens (including phenoxy) is 1. The lowest BCUT2D eigenvalue weighted by Gasteiger charge is -2.45. The van der Waals surface area contributed by atoms with E-state index >= 15 is 0 Å². The van der Waals surface area contributed by atoms with Crippen LogP contribution in [0.1, 0.15) is 71.1 Å². The van der Waals surface area contributed by atoms with Crippen molar-refractivity contribution in [1.29, 1.82) is 0 Å². The molecule has 0 radical (unpaired) electrons. The van der Waals surface area contributed by atoms with Crippen LogP contribution in [0.5, 0.6) is 5.75 Å². The van der Waals surface area contributed by atoms with Crippen molar-refractivity contribution in [2.45, 2.75) is 71.1 Å². The van der Waals surface area contributed by atoms with Crippen LogP contribution in [0.25, 0.3) is 0 Å². The maximum Gasteiger partial charge on any atom is 0.314 e. The number of hydrogen-bond donors (Lipinski definition) is 0. The number of esters is 1. The van der Waals surface area contributed by atoms with Crippen LogP contribution in [0.4, 0.5) is 13.2 Å². The molecule has 0 aliphatic heterocycles. The molecule has 0 heterocycles. The molecule has 4 atom stereocenters. The number of allylic oxidation sites excluding steroid dienone is 2. The van der Waals surface area contributed by atoms with E-state index in [1.54, 1.807) is 0 Å². The molecule has 2 nitrogen and oxygen atoms in total. The Morgan fingerprint density at radius 1 is 0.903 bits per heavy atom. The molecule has 0 aromatic heterocycles. The number of halogens is 3. The molecule has 0 spiro atoms. The van der Waals surface area contributed by atoms with Crippen molar-refractivity contribution in [3.05, 3.63) is 41.7 Å². The number of benzene rings is 1. The Hall–Kier alpha value is -1.78. The van der Waals surface area contributed by atoms with Gasteiger partial charge in [0.2, 0.25) is 5.82 Å². The van der Waals surface area contributed by atoms with Gasteiger partial charge in [-0.2, -0.15) is 4.39 Å². The third kappa shape index (κ3) is 4.85. The fourth-order valence-electron chi connectivity index (χ4n) is 6.57. The first-order chi connectivity index (χ1) is 15.0. The Morgan fingerprint density at radius 2 is 1.65 bits per heavy atom. The van der Waals surface area contributed by atoms with Crippen molar-refractivity contribution in [2.24, 2.45) is 35.5 Å². The molecule has 1 aromatic carbocycles. The van der Waals surface area contributed by atoms with E-state index in [2.05, 4.69) is 19.1 Å². The highest BCUT2D eigenvalue weighted by atomic mass is 19.2. The molecule has 3 aliphatic rings. The minimum Gasteiger partial charge on any atom is -0.423 e. The lowest BCUT2D eigenvalue weighted by molar-refractivity contribution is -0.144. The van der Waals surface area contributed by atoms with Crippen LogP contribution >= 0.6 is 0 Å². The topological polar surface area (TPSA) is 26.3 Å². The highest BCUT2D eigenvalue weighted by Crippen LogP contribution is 2.50. The molecule has 170 valence electrons. The number of fused-ring (bicyclic) bond motifs is 1. The molecule has 5 heteroatoms. The number of carbonyl (C=O) groups is 1. The number of carbonyl (C=O) groups excluding carboxylic acids is 1. The summed E-state index contributed by atoms with van der Waals surface area (Å²) >= 11 is 0. The van der Waals surface area contributed by atoms with Gasteiger partial charge in [0.05, 0.1) is 5.92 Å². The minimum atomic E-state index is -1.60. The molecular formula is C26H33F3O2. The monoisotopic (exact) mass is 434 g/mol. The summed E-state index contributed by atoms with van der Waals surface area (Å²) < 4.78 is 45.8. The zero-order valence-corrected chi connectivity index (χ0v) is 18.3. The molecule has 0 amide bonds. The van der Waals surface area contributed by atoms with Crippen LogP contribution in [0.15, 0.2) is 24.3 Å². The first-order valence-electron chi connectivity index (χ1n) is 12.0. The third-order valence-electron chi connectivity index (χ3n) is 8.15. The van der Waals surface area contributed by atoms with E-state index < -0.39 is 29.2 Å². The quantitative estimate of drug-likeness (QED) is 0.216. The summed E-state index contributed by atoms with van der Waals surface area (Å²) in [5.41, 5.74) is 0. The maximum absolute atomic E-state index is 14.0. The van der Waals surface area contributed by atoms with E-state index in [0.717, 1.165) is 62.0 Å². The van der Waals surface area contributed by atoms with Gasteiger partial charge < -0.3 is 4.74 Å². The Balaban J connectivity index is 1.36. The molecule has 1 aromatic rings. The molecule has 0 N–H and O–H groups in total. The number of hydrogen-bond acceptors (Lipinski definition) is 2. The number of rotatable bonds is 4. The molecule has 0 saturated heterocycles. The van der Waals surface area contributed by atoms with Gasteiger partial charge in [0, 0.05) is 0 Å². The summed E-state index contributed by atoms with van der Waals surface area (Å²) in [6.45, 7) is 2.10. The van der Waals surface area contributed by atoms with Crippen molar-refractivity contribution in [1.82, 2.24) is 0 Å². The Morgan fingerprint density at radius 3 is 2.39 bits per heavy atom. The predicted octanol–water partition coefficient (Wildman–Crippen LogP) is 7.22. The SMILES string of the molecule is C/C=C/C1CCC(C2CCC3C(CCCC3C(=O)Oc3ccc(F)c(F)c3F)C2)CC1. The second kappa shape index (κ2) is 9.79. The van der Waals surface area contributed by atoms with Gasteiger partial charge in [0.15, 0.2) is 17.4 Å². The highest BCUT2D eigenvalue weighted by molar-refractivity contribution is 5.75. The molecule has 3 fully saturated rings. The third-order valence-corrected chi connectivity index (χ3v) is 8.15. The lowest BCUT2D eigenvalue weighted by atomic mass is 9.59. The van der Waals surface area contributed by atoms with Crippen molar-refractivity contribution in [2.75, 3.05) is 0 Å². The highest BCUT2D eigenvalue weighted by Gasteiger charge is 2.43. The fourth-order valence-corrected chi connectivity index (χ4v) is 6.57. The Bertz CT molecular complexity index is 813. The van der Waals surface area contributed by atoms with Crippen molar-refractivity contribution in [3.8, 4) is 5.75 Å². The molecule has 0 bridgehead atoms. The zero-order valence-electron chi connectivity index (χ0n) is 18.3. The Labute approximate surface area is 183 Å². The van der Waals surface area contributed by atoms with E-state index in [9.17, 15) is 18.0 Å². The molecule has 31 heavy (non-hydrogen) atoms. The summed E-state index contributed by atoms with van der Waals surface area (Å²) in [6.07, 6.45) is 15.8. The minimum absolute atomic E-state index is 0.255. The van der Waals surface area contributed by atoms with Crippen LogP contribution in [0, 0.1) is 53.0 Å². The van der Waals surface area contributed by atoms with Crippen LogP contribution in [-0.4, -0.2) is 5.97 Å². The average molecular weight is 435 g/mol. The van der Waals surface area contributed by atoms with E-state index in [1.165, 1.54) is 32.1 Å². The van der Waals surface area contributed by atoms with Gasteiger partial charge in [-0.25, -0.2) is 8.78 Å². The van der Waals surface area contributed by atoms with Gasteiger partial charge in [-0.05, 0) is 100 Å². The van der Waals surface area contributed by atoms with Gasteiger partial charge in [0.1, 0.15) is 0 Å². The largest absolute Gasteiger partial charge is 0.423 e. The normalized spacial score (nSPS) is 33.8. The fraction of sp³-hybridized carbons (Fsp3) is 0.654. The van der Waals surface area contributed by atoms with Gasteiger partial charge in [-0.15, -0.1) is 0 Å². The first-order valence-corrected chi connectivity index (χ1v) is 12.0. The van der Waals surface area contributed by atoms with Crippen LogP contribution < -0.4 is 4.74 Å². The van der Waals surface area contributed by atoms with E-state index in [0.29, 0.717) is 5.92 Å². The second-order valence-corrected chi connectivity index (χ2v) is 9.83. The molecular weight excluding hydrogens is 401 g/mol. The summed E-state index contributed by atoms with van der Waals surface area (Å²) in [6, 6.07) is 1.79. The van der Waals surface area contributed by atoms with Gasteiger partial charge in [0.25, 0.3) is 0 Å². The zero-order chi connectivity index (χ0) is 22.0. The lowest BCUT2D eigenvalue weighted by Crippen LogP contribution is -2.40. The standard InChI is InChI=1S/C26H33F3O2/c1-2-4-16-7-9-17(10-8-16)18-11-12-20-19(15-18)5-3-6-21(20)26(30)31-23-14-13-22(27)24(28)25(23)29/h2,4,13-14,16-21H,3,5-12,15H2,1H3/b4-2+. The smallest absolute Gasteiger partial charge is 0.314 e. The van der Waals surface area contributed by atoms with Gasteiger partial charge in [-0.1, -0.05) is 25.0 Å². The van der Waals surface area contributed by atoms with Crippen LogP contribution in [0.3, 0.4) is 0 Å². The second-order valence-electron chi connectivity index (χ2n) is 9.83. The van der Waals surface area contributed by atoms with Crippen molar-refractivity contribution < 1.29 is 22.7 Å². The summed E-state index contributed by atoms with van der Waals surface area (Å²) in [5.74, 6) is -2.57. The summed E-state index contributed by atoms with van der Waals surface area (Å²) in [7, 11) is 0. The van der Waals surface area contributed by atoms with Gasteiger partial charge in [-0.3, -0.25) is 4.79 Å². The van der Waals surface area contributed by atoms with Crippen LogP contribution in [0.2, 0.25) is 0 Å². The van der Waals surface area contributed by atoms with E-state index in [-0.39, 0.29) is 11.8 Å². The molecule has 3 aliphatic carbocycles. The van der Waals surface area contributed by atoms with Crippen molar-refractivity contribution in [3.63, 3.8) is 0 Å². The van der Waals surface area contributed by atoms with Crippen LogP contribution in [-0.2, 0) is 4.79 Å². The molecule has 4 unspecified atom stereocenters. The maximum atomic E-state index is 14.0. The molecule has 3 saturated carbocycles. The van der Waals surface area contributed by atoms with Crippen molar-refractivity contribution >= 4 is 5.97 Å². The van der Waals surface area contributed by atoms with E-state index in [1.807, 2.05) is 0 Å².